The van der Waals surface area contributed by atoms with Crippen molar-refractivity contribution in [3.63, 3.8) is 0 Å². The molecule has 7 heteroatoms. The molecule has 0 spiro atoms. The number of halogens is 1. The first kappa shape index (κ1) is 19.6. The molecule has 0 amide bonds. The minimum absolute atomic E-state index is 0.203. The Hall–Kier alpha value is -3.74. The average molecular weight is 403 g/mol. The second-order valence-corrected chi connectivity index (χ2v) is 7.14. The molecule has 30 heavy (non-hydrogen) atoms. The maximum Gasteiger partial charge on any atom is 0.209 e. The Bertz CT molecular complexity index is 1160. The molecular weight excluding hydrogens is 381 g/mol. The molecule has 0 bridgehead atoms. The zero-order valence-corrected chi connectivity index (χ0v) is 16.6. The van der Waals surface area contributed by atoms with Gasteiger partial charge in [0.15, 0.2) is 5.69 Å². The summed E-state index contributed by atoms with van der Waals surface area (Å²) in [5.74, 6) is 0. The second kappa shape index (κ2) is 8.32. The number of para-hydroxylation sites is 1. The molecule has 0 unspecified atom stereocenters. The van der Waals surface area contributed by atoms with Crippen molar-refractivity contribution in [1.82, 2.24) is 9.78 Å². The number of anilines is 1. The summed E-state index contributed by atoms with van der Waals surface area (Å²) in [6.07, 6.45) is 3.77. The Kier molecular flexibility index (Phi) is 5.43. The molecule has 0 saturated carbocycles. The van der Waals surface area contributed by atoms with Crippen LogP contribution >= 0.6 is 0 Å². The number of benzene rings is 2. The Morgan fingerprint density at radius 3 is 2.63 bits per heavy atom. The van der Waals surface area contributed by atoms with E-state index in [-0.39, 0.29) is 11.1 Å². The first-order valence-electron chi connectivity index (χ1n) is 9.67. The van der Waals surface area contributed by atoms with Crippen LogP contribution in [0.5, 0.6) is 0 Å². The standard InChI is InChI=1S/C23H22FN5O/c1-16-13-19(28-14-17(24)15-28)7-8-21(16)29-12-10-22(30)23(27-29)20(9-11-25)26-18-5-3-2-4-6-18/h2-13,17H,14-15,25H2,1H3. The Balaban J connectivity index is 1.73. The minimum atomic E-state index is -0.758. The third kappa shape index (κ3) is 4.00. The molecule has 2 N–H and O–H groups in total. The molecule has 4 rings (SSSR count). The van der Waals surface area contributed by atoms with Gasteiger partial charge in [-0.2, -0.15) is 5.10 Å². The van der Waals surface area contributed by atoms with Crippen molar-refractivity contribution < 1.29 is 4.39 Å². The van der Waals surface area contributed by atoms with Crippen molar-refractivity contribution in [3.8, 4) is 5.69 Å². The van der Waals surface area contributed by atoms with Gasteiger partial charge < -0.3 is 10.6 Å². The van der Waals surface area contributed by atoms with Gasteiger partial charge in [0.05, 0.1) is 30.2 Å². The third-order valence-corrected chi connectivity index (χ3v) is 4.94. The summed E-state index contributed by atoms with van der Waals surface area (Å²) >= 11 is 0. The lowest BCUT2D eigenvalue weighted by Gasteiger charge is -2.36. The highest BCUT2D eigenvalue weighted by Gasteiger charge is 2.26. The molecule has 152 valence electrons. The van der Waals surface area contributed by atoms with Crippen LogP contribution in [-0.2, 0) is 0 Å². The number of aliphatic imine (C=N–C) groups is 1. The number of aromatic nitrogens is 2. The van der Waals surface area contributed by atoms with Gasteiger partial charge in [-0.25, -0.2) is 14.1 Å². The smallest absolute Gasteiger partial charge is 0.209 e. The number of hydrogen-bond acceptors (Lipinski definition) is 5. The zero-order valence-electron chi connectivity index (χ0n) is 16.6. The summed E-state index contributed by atoms with van der Waals surface area (Å²) in [5, 5.41) is 4.53. The topological polar surface area (TPSA) is 76.5 Å². The van der Waals surface area contributed by atoms with Gasteiger partial charge in [-0.15, -0.1) is 0 Å². The zero-order chi connectivity index (χ0) is 21.1. The van der Waals surface area contributed by atoms with Gasteiger partial charge in [-0.3, -0.25) is 4.79 Å². The number of hydrogen-bond donors (Lipinski definition) is 1. The Labute approximate surface area is 173 Å². The van der Waals surface area contributed by atoms with Gasteiger partial charge in [-0.1, -0.05) is 18.2 Å². The first-order chi connectivity index (χ1) is 14.5. The van der Waals surface area contributed by atoms with Crippen LogP contribution in [0, 0.1) is 6.92 Å². The van der Waals surface area contributed by atoms with E-state index in [1.165, 1.54) is 12.3 Å². The van der Waals surface area contributed by atoms with Gasteiger partial charge in [-0.05, 0) is 55.1 Å². The molecule has 2 aromatic carbocycles. The van der Waals surface area contributed by atoms with Crippen LogP contribution < -0.4 is 16.1 Å². The molecule has 0 aliphatic carbocycles. The maximum absolute atomic E-state index is 13.2. The number of allylic oxidation sites excluding steroid dienone is 1. The number of alkyl halides is 1. The lowest BCUT2D eigenvalue weighted by Crippen LogP contribution is -2.48. The highest BCUT2D eigenvalue weighted by molar-refractivity contribution is 6.08. The van der Waals surface area contributed by atoms with Crippen molar-refractivity contribution in [1.29, 1.82) is 0 Å². The van der Waals surface area contributed by atoms with E-state index in [1.54, 1.807) is 17.0 Å². The predicted octanol–water partition coefficient (Wildman–Crippen LogP) is 3.29. The molecule has 1 aromatic heterocycles. The average Bonchev–Trinajstić information content (AvgIpc) is 2.72. The van der Waals surface area contributed by atoms with E-state index in [0.717, 1.165) is 16.9 Å². The lowest BCUT2D eigenvalue weighted by atomic mass is 10.1. The lowest BCUT2D eigenvalue weighted by molar-refractivity contribution is 0.275. The van der Waals surface area contributed by atoms with Gasteiger partial charge in [0.2, 0.25) is 5.43 Å². The molecule has 1 fully saturated rings. The van der Waals surface area contributed by atoms with Crippen LogP contribution in [0.15, 0.2) is 82.9 Å². The highest BCUT2D eigenvalue weighted by Crippen LogP contribution is 2.26. The number of rotatable bonds is 5. The van der Waals surface area contributed by atoms with Crippen LogP contribution in [0.25, 0.3) is 5.69 Å². The summed E-state index contributed by atoms with van der Waals surface area (Å²) < 4.78 is 14.8. The van der Waals surface area contributed by atoms with Crippen molar-refractivity contribution in [3.05, 3.63) is 94.6 Å². The van der Waals surface area contributed by atoms with Gasteiger partial charge in [0.1, 0.15) is 6.17 Å². The molecule has 1 aliphatic heterocycles. The Morgan fingerprint density at radius 2 is 1.97 bits per heavy atom. The predicted molar refractivity (Wildman–Crippen MR) is 118 cm³/mol. The summed E-state index contributed by atoms with van der Waals surface area (Å²) in [6, 6.07) is 16.6. The quantitative estimate of drug-likeness (QED) is 0.663. The fourth-order valence-corrected chi connectivity index (χ4v) is 3.35. The Morgan fingerprint density at radius 1 is 1.20 bits per heavy atom. The molecular formula is C23H22FN5O. The molecule has 0 atom stereocenters. The molecule has 6 nitrogen and oxygen atoms in total. The van der Waals surface area contributed by atoms with Crippen LogP contribution in [0.4, 0.5) is 15.8 Å². The van der Waals surface area contributed by atoms with Crippen molar-refractivity contribution >= 4 is 17.1 Å². The van der Waals surface area contributed by atoms with Gasteiger partial charge >= 0.3 is 0 Å². The molecule has 2 heterocycles. The largest absolute Gasteiger partial charge is 0.405 e. The summed E-state index contributed by atoms with van der Waals surface area (Å²) in [6.45, 7) is 2.80. The normalized spacial score (nSPS) is 14.9. The highest BCUT2D eigenvalue weighted by atomic mass is 19.1. The van der Waals surface area contributed by atoms with Crippen LogP contribution in [0.3, 0.4) is 0 Å². The van der Waals surface area contributed by atoms with Gasteiger partial charge in [0, 0.05) is 18.0 Å². The van der Waals surface area contributed by atoms with Crippen LogP contribution in [0.1, 0.15) is 11.3 Å². The first-order valence-corrected chi connectivity index (χ1v) is 9.67. The molecule has 1 aliphatic rings. The van der Waals surface area contributed by atoms with E-state index in [0.29, 0.717) is 24.5 Å². The van der Waals surface area contributed by atoms with E-state index < -0.39 is 6.17 Å². The fraction of sp³-hybridized carbons (Fsp3) is 0.174. The SMILES string of the molecule is Cc1cc(N2CC(F)C2)ccc1-n1ccc(=O)c(C(C=CN)=Nc2ccccc2)n1. The van der Waals surface area contributed by atoms with E-state index in [1.807, 2.05) is 60.4 Å². The van der Waals surface area contributed by atoms with Crippen LogP contribution in [0.2, 0.25) is 0 Å². The molecule has 3 aromatic rings. The summed E-state index contributed by atoms with van der Waals surface area (Å²) in [4.78, 5) is 19.1. The summed E-state index contributed by atoms with van der Waals surface area (Å²) in [7, 11) is 0. The van der Waals surface area contributed by atoms with Gasteiger partial charge in [0.25, 0.3) is 0 Å². The number of nitrogens with two attached hydrogens (primary N) is 1. The fourth-order valence-electron chi connectivity index (χ4n) is 3.35. The summed E-state index contributed by atoms with van der Waals surface area (Å²) in [5.41, 5.74) is 9.39. The van der Waals surface area contributed by atoms with E-state index in [2.05, 4.69) is 10.1 Å². The van der Waals surface area contributed by atoms with Crippen molar-refractivity contribution in [2.75, 3.05) is 18.0 Å². The number of aryl methyl sites for hydroxylation is 1. The van der Waals surface area contributed by atoms with E-state index in [9.17, 15) is 9.18 Å². The van der Waals surface area contributed by atoms with E-state index >= 15 is 0 Å². The van der Waals surface area contributed by atoms with Crippen molar-refractivity contribution in [2.24, 2.45) is 10.7 Å². The van der Waals surface area contributed by atoms with Crippen LogP contribution in [-0.4, -0.2) is 34.8 Å². The third-order valence-electron chi connectivity index (χ3n) is 4.94. The second-order valence-electron chi connectivity index (χ2n) is 7.14. The number of nitrogens with zero attached hydrogens (tertiary/aromatic N) is 4. The molecule has 1 saturated heterocycles. The molecule has 0 radical (unpaired) electrons. The maximum atomic E-state index is 13.2. The minimum Gasteiger partial charge on any atom is -0.405 e. The van der Waals surface area contributed by atoms with Crippen molar-refractivity contribution in [2.45, 2.75) is 13.1 Å². The monoisotopic (exact) mass is 403 g/mol. The van der Waals surface area contributed by atoms with E-state index in [4.69, 9.17) is 5.73 Å².